The second-order valence-electron chi connectivity index (χ2n) is 7.53. The van der Waals surface area contributed by atoms with Crippen molar-refractivity contribution in [1.82, 2.24) is 9.62 Å². The quantitative estimate of drug-likeness (QED) is 0.666. The van der Waals surface area contributed by atoms with Gasteiger partial charge in [-0.3, -0.25) is 9.59 Å². The molecular formula is C22H26FN3O4S. The number of benzene rings is 2. The molecule has 2 amide bonds. The summed E-state index contributed by atoms with van der Waals surface area (Å²) < 4.78 is 40.6. The Kier molecular flexibility index (Phi) is 7.40. The topological polar surface area (TPSA) is 95.6 Å². The maximum Gasteiger partial charge on any atom is 0.313 e. The Hall–Kier alpha value is -2.78. The number of rotatable bonds is 6. The Morgan fingerprint density at radius 1 is 1.06 bits per heavy atom. The number of hydrogen-bond acceptors (Lipinski definition) is 4. The molecule has 1 saturated heterocycles. The fraction of sp³-hybridized carbons (Fsp3) is 0.364. The third-order valence-corrected chi connectivity index (χ3v) is 7.32. The fourth-order valence-electron chi connectivity index (χ4n) is 3.65. The van der Waals surface area contributed by atoms with E-state index in [1.165, 1.54) is 16.4 Å². The molecule has 3 rings (SSSR count). The predicted octanol–water partition coefficient (Wildman–Crippen LogP) is 2.82. The second-order valence-corrected chi connectivity index (χ2v) is 9.42. The maximum absolute atomic E-state index is 13.2. The van der Waals surface area contributed by atoms with Gasteiger partial charge in [0.25, 0.3) is 0 Å². The highest BCUT2D eigenvalue weighted by atomic mass is 32.2. The molecule has 31 heavy (non-hydrogen) atoms. The number of carbonyl (C=O) groups excluding carboxylic acids is 2. The number of anilines is 1. The Labute approximate surface area is 181 Å². The van der Waals surface area contributed by atoms with E-state index in [0.29, 0.717) is 25.1 Å². The lowest BCUT2D eigenvalue weighted by molar-refractivity contribution is -0.136. The Bertz CT molecular complexity index is 1040. The summed E-state index contributed by atoms with van der Waals surface area (Å²) >= 11 is 0. The highest BCUT2D eigenvalue weighted by Crippen LogP contribution is 2.27. The summed E-state index contributed by atoms with van der Waals surface area (Å²) in [5.74, 6) is -2.04. The molecule has 2 aromatic carbocycles. The minimum absolute atomic E-state index is 0.0439. The molecule has 1 atom stereocenters. The molecule has 9 heteroatoms. The fourth-order valence-corrected chi connectivity index (χ4v) is 5.37. The van der Waals surface area contributed by atoms with Crippen molar-refractivity contribution in [1.29, 1.82) is 0 Å². The number of hydrogen-bond donors (Lipinski definition) is 2. The summed E-state index contributed by atoms with van der Waals surface area (Å²) in [6.07, 6.45) is 2.65. The van der Waals surface area contributed by atoms with Crippen LogP contribution in [-0.2, 0) is 19.6 Å². The van der Waals surface area contributed by atoms with Gasteiger partial charge in [-0.05, 0) is 62.1 Å². The lowest BCUT2D eigenvalue weighted by atomic mass is 10.0. The minimum atomic E-state index is -3.77. The van der Waals surface area contributed by atoms with Crippen molar-refractivity contribution in [2.75, 3.05) is 18.4 Å². The third-order valence-electron chi connectivity index (χ3n) is 5.36. The highest BCUT2D eigenvalue weighted by molar-refractivity contribution is 7.89. The van der Waals surface area contributed by atoms with Crippen LogP contribution in [0.25, 0.3) is 0 Å². The van der Waals surface area contributed by atoms with E-state index in [4.69, 9.17) is 0 Å². The van der Waals surface area contributed by atoms with Gasteiger partial charge in [-0.25, -0.2) is 12.8 Å². The molecule has 1 aliphatic heterocycles. The van der Waals surface area contributed by atoms with Crippen LogP contribution >= 0.6 is 0 Å². The monoisotopic (exact) mass is 447 g/mol. The molecule has 0 spiro atoms. The van der Waals surface area contributed by atoms with E-state index >= 15 is 0 Å². The number of nitrogens with zero attached hydrogens (tertiary/aromatic N) is 1. The molecule has 2 N–H and O–H groups in total. The van der Waals surface area contributed by atoms with E-state index in [1.807, 2.05) is 19.1 Å². The van der Waals surface area contributed by atoms with Gasteiger partial charge in [0.05, 0.1) is 4.90 Å². The second kappa shape index (κ2) is 10.0. The van der Waals surface area contributed by atoms with Gasteiger partial charge < -0.3 is 10.6 Å². The van der Waals surface area contributed by atoms with Crippen LogP contribution in [-0.4, -0.2) is 43.7 Å². The molecule has 0 saturated carbocycles. The molecule has 0 aliphatic carbocycles. The van der Waals surface area contributed by atoms with Crippen molar-refractivity contribution in [2.45, 2.75) is 43.5 Å². The average Bonchev–Trinajstić information content (AvgIpc) is 2.76. The van der Waals surface area contributed by atoms with Gasteiger partial charge in [-0.15, -0.1) is 0 Å². The smallest absolute Gasteiger partial charge is 0.313 e. The van der Waals surface area contributed by atoms with Crippen molar-refractivity contribution in [2.24, 2.45) is 0 Å². The van der Waals surface area contributed by atoms with Gasteiger partial charge in [0, 0.05) is 24.8 Å². The van der Waals surface area contributed by atoms with Crippen molar-refractivity contribution in [3.63, 3.8) is 0 Å². The molecule has 0 bridgehead atoms. The molecule has 0 aromatic heterocycles. The van der Waals surface area contributed by atoms with E-state index in [-0.39, 0.29) is 17.5 Å². The highest BCUT2D eigenvalue weighted by Gasteiger charge is 2.33. The number of amides is 2. The maximum atomic E-state index is 13.2. The van der Waals surface area contributed by atoms with Crippen molar-refractivity contribution >= 4 is 27.5 Å². The number of para-hydroxylation sites is 1. The number of carbonyl (C=O) groups is 2. The molecular weight excluding hydrogens is 421 g/mol. The summed E-state index contributed by atoms with van der Waals surface area (Å²) in [7, 11) is -3.77. The van der Waals surface area contributed by atoms with E-state index in [0.717, 1.165) is 30.5 Å². The van der Waals surface area contributed by atoms with Gasteiger partial charge >= 0.3 is 11.8 Å². The zero-order valence-electron chi connectivity index (χ0n) is 17.3. The lowest BCUT2D eigenvalue weighted by Gasteiger charge is -2.34. The van der Waals surface area contributed by atoms with E-state index < -0.39 is 27.7 Å². The molecule has 7 nitrogen and oxygen atoms in total. The van der Waals surface area contributed by atoms with E-state index in [1.54, 1.807) is 12.1 Å². The lowest BCUT2D eigenvalue weighted by Crippen LogP contribution is -2.45. The van der Waals surface area contributed by atoms with Gasteiger partial charge in [0.15, 0.2) is 0 Å². The number of sulfonamides is 1. The van der Waals surface area contributed by atoms with Gasteiger partial charge in [0.2, 0.25) is 10.0 Å². The number of aryl methyl sites for hydroxylation is 1. The summed E-state index contributed by atoms with van der Waals surface area (Å²) in [6, 6.07) is 11.6. The number of halogens is 1. The minimum Gasteiger partial charge on any atom is -0.348 e. The van der Waals surface area contributed by atoms with Crippen LogP contribution in [0.5, 0.6) is 0 Å². The van der Waals surface area contributed by atoms with Crippen LogP contribution in [0.1, 0.15) is 31.2 Å². The number of nitrogens with one attached hydrogen (secondary N) is 2. The molecule has 1 unspecified atom stereocenters. The molecule has 0 radical (unpaired) electrons. The van der Waals surface area contributed by atoms with Crippen molar-refractivity contribution in [3.05, 3.63) is 59.9 Å². The zero-order chi connectivity index (χ0) is 22.4. The normalized spacial score (nSPS) is 17.2. The van der Waals surface area contributed by atoms with Crippen LogP contribution in [0.3, 0.4) is 0 Å². The van der Waals surface area contributed by atoms with E-state index in [2.05, 4.69) is 10.6 Å². The van der Waals surface area contributed by atoms with E-state index in [9.17, 15) is 22.4 Å². The zero-order valence-corrected chi connectivity index (χ0v) is 18.1. The molecule has 1 heterocycles. The van der Waals surface area contributed by atoms with Gasteiger partial charge in [0.1, 0.15) is 5.82 Å². The van der Waals surface area contributed by atoms with Crippen molar-refractivity contribution in [3.8, 4) is 0 Å². The first kappa shape index (κ1) is 22.9. The Morgan fingerprint density at radius 2 is 1.77 bits per heavy atom. The first-order valence-corrected chi connectivity index (χ1v) is 11.7. The van der Waals surface area contributed by atoms with Crippen molar-refractivity contribution < 1.29 is 22.4 Å². The summed E-state index contributed by atoms with van der Waals surface area (Å²) in [4.78, 5) is 24.3. The molecule has 166 valence electrons. The van der Waals surface area contributed by atoms with Crippen LogP contribution < -0.4 is 10.6 Å². The Balaban J connectivity index is 1.58. The first-order chi connectivity index (χ1) is 14.8. The first-order valence-electron chi connectivity index (χ1n) is 10.2. The molecule has 2 aromatic rings. The average molecular weight is 448 g/mol. The SMILES string of the molecule is Cc1ccccc1NC(=O)C(=O)NCCC1CCCCN1S(=O)(=O)c1ccc(F)cc1. The molecule has 1 fully saturated rings. The summed E-state index contributed by atoms with van der Waals surface area (Å²) in [5, 5.41) is 5.14. The number of piperidine rings is 1. The summed E-state index contributed by atoms with van der Waals surface area (Å²) in [5.41, 5.74) is 1.40. The predicted molar refractivity (Wildman–Crippen MR) is 115 cm³/mol. The van der Waals surface area contributed by atoms with Crippen LogP contribution in [0.4, 0.5) is 10.1 Å². The van der Waals surface area contributed by atoms with Crippen LogP contribution in [0.2, 0.25) is 0 Å². The Morgan fingerprint density at radius 3 is 2.48 bits per heavy atom. The largest absolute Gasteiger partial charge is 0.348 e. The molecule has 1 aliphatic rings. The van der Waals surface area contributed by atoms with Gasteiger partial charge in [-0.2, -0.15) is 4.31 Å². The van der Waals surface area contributed by atoms with Gasteiger partial charge in [-0.1, -0.05) is 24.6 Å². The standard InChI is InChI=1S/C22H26FN3O4S/c1-16-6-2-3-8-20(16)25-22(28)21(27)24-14-13-18-7-4-5-15-26(18)31(29,30)19-11-9-17(23)10-12-19/h2-3,6,8-12,18H,4-5,7,13-15H2,1H3,(H,24,27)(H,25,28). The third kappa shape index (κ3) is 5.68. The van der Waals surface area contributed by atoms with Crippen LogP contribution in [0.15, 0.2) is 53.4 Å². The summed E-state index contributed by atoms with van der Waals surface area (Å²) in [6.45, 7) is 2.36. The van der Waals surface area contributed by atoms with Crippen LogP contribution in [0, 0.1) is 12.7 Å².